The van der Waals surface area contributed by atoms with Gasteiger partial charge in [-0.05, 0) is 30.9 Å². The molecule has 1 aliphatic rings. The minimum Gasteiger partial charge on any atom is -0.298 e. The van der Waals surface area contributed by atoms with Crippen LogP contribution >= 0.6 is 0 Å². The van der Waals surface area contributed by atoms with Crippen molar-refractivity contribution in [2.24, 2.45) is 0 Å². The zero-order valence-electron chi connectivity index (χ0n) is 11.9. The maximum Gasteiger partial charge on any atom is 0.148 e. The first-order valence-corrected chi connectivity index (χ1v) is 6.74. The van der Waals surface area contributed by atoms with Crippen LogP contribution in [-0.2, 0) is 11.3 Å². The molecule has 0 bridgehead atoms. The van der Waals surface area contributed by atoms with Crippen molar-refractivity contribution < 1.29 is 4.79 Å². The van der Waals surface area contributed by atoms with E-state index >= 15 is 0 Å². The average molecular weight is 245 g/mol. The van der Waals surface area contributed by atoms with E-state index in [4.69, 9.17) is 0 Å². The first kappa shape index (κ1) is 13.3. The summed E-state index contributed by atoms with van der Waals surface area (Å²) in [5.41, 5.74) is 2.67. The Balaban J connectivity index is 2.08. The van der Waals surface area contributed by atoms with Crippen molar-refractivity contribution in [1.29, 1.82) is 0 Å². The minimum absolute atomic E-state index is 0.00774. The number of Topliss-reactive ketones (excluding diaryl/α,β-unsaturated/α-hetero) is 1. The number of nitrogens with zero attached hydrogens (tertiary/aromatic N) is 1. The lowest BCUT2D eigenvalue weighted by Gasteiger charge is -2.30. The predicted octanol–water partition coefficient (Wildman–Crippen LogP) is 3.36. The van der Waals surface area contributed by atoms with Crippen LogP contribution < -0.4 is 0 Å². The summed E-state index contributed by atoms with van der Waals surface area (Å²) in [5.74, 6) is 0.933. The van der Waals surface area contributed by atoms with Crippen LogP contribution in [-0.4, -0.2) is 22.8 Å². The molecule has 2 rings (SSSR count). The lowest BCUT2D eigenvalue weighted by atomic mass is 9.99. The van der Waals surface area contributed by atoms with Crippen molar-refractivity contribution in [1.82, 2.24) is 4.90 Å². The second-order valence-electron chi connectivity index (χ2n) is 6.28. The number of ketones is 1. The lowest BCUT2D eigenvalue weighted by molar-refractivity contribution is -0.117. The summed E-state index contributed by atoms with van der Waals surface area (Å²) >= 11 is 0. The highest BCUT2D eigenvalue weighted by Crippen LogP contribution is 2.28. The number of rotatable bonds is 3. The second kappa shape index (κ2) is 4.85. The molecule has 1 aliphatic heterocycles. The molecule has 0 atom stereocenters. The fourth-order valence-corrected chi connectivity index (χ4v) is 2.58. The van der Waals surface area contributed by atoms with Gasteiger partial charge in [0.1, 0.15) is 5.78 Å². The maximum absolute atomic E-state index is 11.6. The molecule has 1 fully saturated rings. The van der Waals surface area contributed by atoms with Gasteiger partial charge in [-0.3, -0.25) is 9.69 Å². The molecule has 1 aromatic carbocycles. The fraction of sp³-hybridized carbons (Fsp3) is 0.562. The van der Waals surface area contributed by atoms with Crippen LogP contribution in [0.5, 0.6) is 0 Å². The summed E-state index contributed by atoms with van der Waals surface area (Å²) in [6, 6.07) is 8.78. The van der Waals surface area contributed by atoms with Gasteiger partial charge in [-0.15, -0.1) is 0 Å². The molecule has 2 heteroatoms. The summed E-state index contributed by atoms with van der Waals surface area (Å²) in [4.78, 5) is 13.8. The first-order chi connectivity index (χ1) is 8.38. The third-order valence-electron chi connectivity index (χ3n) is 3.87. The van der Waals surface area contributed by atoms with Crippen LogP contribution in [0, 0.1) is 0 Å². The van der Waals surface area contributed by atoms with Gasteiger partial charge in [-0.25, -0.2) is 0 Å². The number of carbonyl (C=O) groups is 1. The Bertz CT molecular complexity index is 431. The van der Waals surface area contributed by atoms with Gasteiger partial charge in [0.25, 0.3) is 0 Å². The summed E-state index contributed by atoms with van der Waals surface area (Å²) in [5, 5.41) is 0. The maximum atomic E-state index is 11.6. The van der Waals surface area contributed by atoms with Crippen molar-refractivity contribution in [3.05, 3.63) is 35.4 Å². The topological polar surface area (TPSA) is 20.3 Å². The van der Waals surface area contributed by atoms with Gasteiger partial charge in [0.15, 0.2) is 0 Å². The summed E-state index contributed by atoms with van der Waals surface area (Å²) in [6.07, 6.45) is 0.678. The molecule has 0 aromatic heterocycles. The van der Waals surface area contributed by atoms with Gasteiger partial charge in [0.05, 0.1) is 6.54 Å². The van der Waals surface area contributed by atoms with E-state index in [1.807, 2.05) is 0 Å². The molecule has 18 heavy (non-hydrogen) atoms. The molecule has 0 aliphatic carbocycles. The molecule has 1 aromatic rings. The third-order valence-corrected chi connectivity index (χ3v) is 3.87. The molecule has 0 saturated carbocycles. The molecular weight excluding hydrogens is 222 g/mol. The van der Waals surface area contributed by atoms with E-state index < -0.39 is 0 Å². The summed E-state index contributed by atoms with van der Waals surface area (Å²) in [6.45, 7) is 10.2. The normalized spacial score (nSPS) is 19.7. The molecule has 2 nitrogen and oxygen atoms in total. The van der Waals surface area contributed by atoms with Crippen LogP contribution in [0.2, 0.25) is 0 Å². The Hall–Kier alpha value is -1.15. The number of benzene rings is 1. The van der Waals surface area contributed by atoms with Gasteiger partial charge in [0.2, 0.25) is 0 Å². The summed E-state index contributed by atoms with van der Waals surface area (Å²) < 4.78 is 0. The smallest absolute Gasteiger partial charge is 0.148 e. The molecule has 98 valence electrons. The molecule has 0 unspecified atom stereocenters. The third kappa shape index (κ3) is 2.81. The number of carbonyl (C=O) groups excluding carboxylic acids is 1. The molecule has 0 amide bonds. The Kier molecular flexibility index (Phi) is 3.58. The number of hydrogen-bond acceptors (Lipinski definition) is 2. The van der Waals surface area contributed by atoms with E-state index in [1.54, 1.807) is 0 Å². The van der Waals surface area contributed by atoms with Gasteiger partial charge in [-0.2, -0.15) is 0 Å². The standard InChI is InChI=1S/C16H23NO/c1-12(2)14-7-5-13(6-8-14)10-17-11-15(18)9-16(17,3)4/h5-8,12H,9-11H2,1-4H3. The molecular formula is C16H23NO. The van der Waals surface area contributed by atoms with E-state index in [1.165, 1.54) is 11.1 Å². The van der Waals surface area contributed by atoms with Crippen molar-refractivity contribution in [3.63, 3.8) is 0 Å². The van der Waals surface area contributed by atoms with Gasteiger partial charge >= 0.3 is 0 Å². The number of hydrogen-bond donors (Lipinski definition) is 0. The Morgan fingerprint density at radius 3 is 2.28 bits per heavy atom. The predicted molar refractivity (Wildman–Crippen MR) is 74.6 cm³/mol. The molecule has 1 heterocycles. The van der Waals surface area contributed by atoms with E-state index in [2.05, 4.69) is 56.9 Å². The van der Waals surface area contributed by atoms with Crippen molar-refractivity contribution >= 4 is 5.78 Å². The Labute approximate surface area is 110 Å². The van der Waals surface area contributed by atoms with E-state index in [-0.39, 0.29) is 5.54 Å². The highest BCUT2D eigenvalue weighted by atomic mass is 16.1. The highest BCUT2D eigenvalue weighted by Gasteiger charge is 2.36. The number of likely N-dealkylation sites (tertiary alicyclic amines) is 1. The fourth-order valence-electron chi connectivity index (χ4n) is 2.58. The Morgan fingerprint density at radius 1 is 1.22 bits per heavy atom. The first-order valence-electron chi connectivity index (χ1n) is 6.74. The quantitative estimate of drug-likeness (QED) is 0.814. The SMILES string of the molecule is CC(C)c1ccc(CN2CC(=O)CC2(C)C)cc1. The molecule has 0 spiro atoms. The lowest BCUT2D eigenvalue weighted by Crippen LogP contribution is -2.37. The monoisotopic (exact) mass is 245 g/mol. The second-order valence-corrected chi connectivity index (χ2v) is 6.28. The average Bonchev–Trinajstić information content (AvgIpc) is 2.52. The molecule has 0 N–H and O–H groups in total. The van der Waals surface area contributed by atoms with Crippen molar-refractivity contribution in [2.45, 2.75) is 52.1 Å². The zero-order chi connectivity index (χ0) is 13.3. The molecule has 0 radical (unpaired) electrons. The van der Waals surface area contributed by atoms with Crippen molar-refractivity contribution in [3.8, 4) is 0 Å². The molecule has 1 saturated heterocycles. The van der Waals surface area contributed by atoms with Gasteiger partial charge < -0.3 is 0 Å². The minimum atomic E-state index is 0.00774. The highest BCUT2D eigenvalue weighted by molar-refractivity contribution is 5.84. The van der Waals surface area contributed by atoms with E-state index in [0.717, 1.165) is 6.54 Å². The van der Waals surface area contributed by atoms with Gasteiger partial charge in [-0.1, -0.05) is 38.1 Å². The zero-order valence-corrected chi connectivity index (χ0v) is 11.9. The van der Waals surface area contributed by atoms with Crippen LogP contribution in [0.25, 0.3) is 0 Å². The summed E-state index contributed by atoms with van der Waals surface area (Å²) in [7, 11) is 0. The van der Waals surface area contributed by atoms with Crippen LogP contribution in [0.4, 0.5) is 0 Å². The van der Waals surface area contributed by atoms with Crippen LogP contribution in [0.1, 0.15) is 51.2 Å². The van der Waals surface area contributed by atoms with Crippen LogP contribution in [0.15, 0.2) is 24.3 Å². The van der Waals surface area contributed by atoms with E-state index in [0.29, 0.717) is 24.7 Å². The van der Waals surface area contributed by atoms with E-state index in [9.17, 15) is 4.79 Å². The largest absolute Gasteiger partial charge is 0.298 e. The van der Waals surface area contributed by atoms with Crippen LogP contribution in [0.3, 0.4) is 0 Å². The van der Waals surface area contributed by atoms with Gasteiger partial charge in [0, 0.05) is 18.5 Å². The van der Waals surface area contributed by atoms with Crippen molar-refractivity contribution in [2.75, 3.05) is 6.54 Å². The Morgan fingerprint density at radius 2 is 1.83 bits per heavy atom.